The van der Waals surface area contributed by atoms with Gasteiger partial charge in [0.2, 0.25) is 4.77 Å². The number of nitrogens with zero attached hydrogens (tertiary/aromatic N) is 3. The van der Waals surface area contributed by atoms with E-state index in [9.17, 15) is 0 Å². The van der Waals surface area contributed by atoms with Crippen LogP contribution in [0.3, 0.4) is 0 Å². The topological polar surface area (TPSA) is 61.8 Å². The van der Waals surface area contributed by atoms with Gasteiger partial charge in [-0.3, -0.25) is 5.10 Å². The molecule has 1 aromatic carbocycles. The van der Waals surface area contributed by atoms with E-state index in [-0.39, 0.29) is 5.92 Å². The summed E-state index contributed by atoms with van der Waals surface area (Å²) in [5.41, 5.74) is 2.12. The molecule has 6 heteroatoms. The van der Waals surface area contributed by atoms with Crippen LogP contribution in [0.25, 0.3) is 10.9 Å². The summed E-state index contributed by atoms with van der Waals surface area (Å²) in [5, 5.41) is 12.6. The van der Waals surface area contributed by atoms with Crippen molar-refractivity contribution in [1.29, 1.82) is 0 Å². The molecule has 0 saturated heterocycles. The molecule has 0 unspecified atom stereocenters. The summed E-state index contributed by atoms with van der Waals surface area (Å²) in [4.78, 5) is 3.22. The van der Waals surface area contributed by atoms with Crippen molar-refractivity contribution >= 4 is 29.3 Å². The van der Waals surface area contributed by atoms with Crippen molar-refractivity contribution in [2.24, 2.45) is 5.10 Å². The third kappa shape index (κ3) is 2.18. The standard InChI is InChI=1S/C14H15N5S/c1-9(2)13-17-18-14(20)19(13)16-8-10-7-15-12-6-4-3-5-11(10)12/h3-9,15H,1-2H3,(H,18,20)/b16-8+. The molecule has 2 heterocycles. The molecule has 0 radical (unpaired) electrons. The van der Waals surface area contributed by atoms with Crippen LogP contribution in [-0.2, 0) is 0 Å². The smallest absolute Gasteiger partial charge is 0.216 e. The lowest BCUT2D eigenvalue weighted by molar-refractivity contribution is 0.695. The van der Waals surface area contributed by atoms with Crippen molar-refractivity contribution in [2.45, 2.75) is 19.8 Å². The van der Waals surface area contributed by atoms with E-state index >= 15 is 0 Å². The van der Waals surface area contributed by atoms with Gasteiger partial charge in [-0.1, -0.05) is 32.0 Å². The van der Waals surface area contributed by atoms with Crippen molar-refractivity contribution in [1.82, 2.24) is 19.9 Å². The van der Waals surface area contributed by atoms with Crippen molar-refractivity contribution in [3.05, 3.63) is 46.6 Å². The summed E-state index contributed by atoms with van der Waals surface area (Å²) in [5.74, 6) is 1.08. The second-order valence-corrected chi connectivity index (χ2v) is 5.27. The van der Waals surface area contributed by atoms with Crippen LogP contribution in [0, 0.1) is 4.77 Å². The Kier molecular flexibility index (Phi) is 3.23. The molecule has 0 aliphatic heterocycles. The Bertz CT molecular complexity index is 821. The molecule has 0 amide bonds. The van der Waals surface area contributed by atoms with Crippen LogP contribution in [-0.4, -0.2) is 26.1 Å². The van der Waals surface area contributed by atoms with Gasteiger partial charge in [-0.15, -0.1) is 0 Å². The molecule has 2 aromatic heterocycles. The molecular weight excluding hydrogens is 270 g/mol. The van der Waals surface area contributed by atoms with Crippen LogP contribution in [0.1, 0.15) is 31.2 Å². The highest BCUT2D eigenvalue weighted by Gasteiger charge is 2.09. The number of aromatic nitrogens is 4. The predicted octanol–water partition coefficient (Wildman–Crippen LogP) is 3.43. The number of benzene rings is 1. The second-order valence-electron chi connectivity index (χ2n) is 4.89. The van der Waals surface area contributed by atoms with E-state index in [1.807, 2.05) is 24.4 Å². The van der Waals surface area contributed by atoms with Crippen molar-refractivity contribution in [2.75, 3.05) is 0 Å². The zero-order valence-corrected chi connectivity index (χ0v) is 12.1. The molecule has 3 rings (SSSR count). The summed E-state index contributed by atoms with van der Waals surface area (Å²) in [6, 6.07) is 8.11. The number of hydrogen-bond acceptors (Lipinski definition) is 3. The number of H-pyrrole nitrogens is 2. The Balaban J connectivity index is 2.03. The van der Waals surface area contributed by atoms with Gasteiger partial charge in [0.1, 0.15) is 0 Å². The highest BCUT2D eigenvalue weighted by atomic mass is 32.1. The van der Waals surface area contributed by atoms with E-state index in [0.717, 1.165) is 22.3 Å². The average molecular weight is 285 g/mol. The van der Waals surface area contributed by atoms with Gasteiger partial charge >= 0.3 is 0 Å². The molecule has 5 nitrogen and oxygen atoms in total. The molecule has 2 N–H and O–H groups in total. The average Bonchev–Trinajstić information content (AvgIpc) is 3.00. The minimum Gasteiger partial charge on any atom is -0.361 e. The fraction of sp³-hybridized carbons (Fsp3) is 0.214. The Morgan fingerprint density at radius 1 is 1.35 bits per heavy atom. The molecule has 0 fully saturated rings. The van der Waals surface area contributed by atoms with Gasteiger partial charge in [-0.25, -0.2) is 0 Å². The minimum atomic E-state index is 0.253. The summed E-state index contributed by atoms with van der Waals surface area (Å²) in [6.07, 6.45) is 3.74. The van der Waals surface area contributed by atoms with Gasteiger partial charge in [0, 0.05) is 28.6 Å². The number of hydrogen-bond donors (Lipinski definition) is 2. The van der Waals surface area contributed by atoms with Crippen LogP contribution in [0.15, 0.2) is 35.6 Å². The predicted molar refractivity (Wildman–Crippen MR) is 82.8 cm³/mol. The maximum Gasteiger partial charge on any atom is 0.216 e. The Morgan fingerprint density at radius 2 is 2.15 bits per heavy atom. The molecule has 0 spiro atoms. The first kappa shape index (κ1) is 12.8. The lowest BCUT2D eigenvalue weighted by atomic mass is 10.2. The van der Waals surface area contributed by atoms with Crippen molar-refractivity contribution in [3.63, 3.8) is 0 Å². The van der Waals surface area contributed by atoms with Gasteiger partial charge in [0.05, 0.1) is 6.21 Å². The normalized spacial score (nSPS) is 11.9. The van der Waals surface area contributed by atoms with E-state index < -0.39 is 0 Å². The first-order valence-electron chi connectivity index (χ1n) is 6.44. The molecule has 3 aromatic rings. The number of nitrogens with one attached hydrogen (secondary N) is 2. The molecule has 0 saturated carbocycles. The monoisotopic (exact) mass is 285 g/mol. The van der Waals surface area contributed by atoms with Gasteiger partial charge < -0.3 is 4.98 Å². The minimum absolute atomic E-state index is 0.253. The Morgan fingerprint density at radius 3 is 2.95 bits per heavy atom. The molecule has 0 aliphatic carbocycles. The zero-order valence-electron chi connectivity index (χ0n) is 11.3. The first-order chi connectivity index (χ1) is 9.66. The molecule has 20 heavy (non-hydrogen) atoms. The first-order valence-corrected chi connectivity index (χ1v) is 6.85. The molecule has 102 valence electrons. The van der Waals surface area contributed by atoms with Crippen LogP contribution < -0.4 is 0 Å². The summed E-state index contributed by atoms with van der Waals surface area (Å²) >= 11 is 5.21. The molecule has 0 atom stereocenters. The van der Waals surface area contributed by atoms with Crippen LogP contribution >= 0.6 is 12.2 Å². The van der Waals surface area contributed by atoms with E-state index in [2.05, 4.69) is 40.2 Å². The summed E-state index contributed by atoms with van der Waals surface area (Å²) < 4.78 is 2.17. The van der Waals surface area contributed by atoms with E-state index in [1.54, 1.807) is 10.9 Å². The highest BCUT2D eigenvalue weighted by Crippen LogP contribution is 2.16. The number of para-hydroxylation sites is 1. The summed E-state index contributed by atoms with van der Waals surface area (Å²) in [6.45, 7) is 4.12. The molecule has 0 aliphatic rings. The van der Waals surface area contributed by atoms with E-state index in [4.69, 9.17) is 12.2 Å². The molecule has 0 bridgehead atoms. The lowest BCUT2D eigenvalue weighted by Crippen LogP contribution is -2.00. The maximum absolute atomic E-state index is 5.21. The van der Waals surface area contributed by atoms with Gasteiger partial charge in [-0.05, 0) is 18.3 Å². The highest BCUT2D eigenvalue weighted by molar-refractivity contribution is 7.71. The second kappa shape index (κ2) is 5.05. The third-order valence-electron chi connectivity index (χ3n) is 3.13. The van der Waals surface area contributed by atoms with Gasteiger partial charge in [0.25, 0.3) is 0 Å². The maximum atomic E-state index is 5.21. The fourth-order valence-electron chi connectivity index (χ4n) is 2.11. The third-order valence-corrected chi connectivity index (χ3v) is 3.39. The van der Waals surface area contributed by atoms with Gasteiger partial charge in [-0.2, -0.15) is 14.9 Å². The van der Waals surface area contributed by atoms with Gasteiger partial charge in [0.15, 0.2) is 5.82 Å². The van der Waals surface area contributed by atoms with E-state index in [0.29, 0.717) is 4.77 Å². The SMILES string of the molecule is CC(C)c1n[nH]c(=S)n1/N=C/c1c[nH]c2ccccc12. The van der Waals surface area contributed by atoms with Crippen LogP contribution in [0.4, 0.5) is 0 Å². The van der Waals surface area contributed by atoms with E-state index in [1.165, 1.54) is 0 Å². The van der Waals surface area contributed by atoms with Crippen LogP contribution in [0.5, 0.6) is 0 Å². The number of rotatable bonds is 3. The Hall–Kier alpha value is -2.21. The largest absolute Gasteiger partial charge is 0.361 e. The van der Waals surface area contributed by atoms with Crippen molar-refractivity contribution in [3.8, 4) is 0 Å². The zero-order chi connectivity index (χ0) is 14.1. The van der Waals surface area contributed by atoms with Crippen LogP contribution in [0.2, 0.25) is 0 Å². The van der Waals surface area contributed by atoms with Crippen molar-refractivity contribution < 1.29 is 0 Å². The molecular formula is C14H15N5S. The quantitative estimate of drug-likeness (QED) is 0.572. The summed E-state index contributed by atoms with van der Waals surface area (Å²) in [7, 11) is 0. The Labute approximate surface area is 121 Å². The fourth-order valence-corrected chi connectivity index (χ4v) is 2.30. The lowest BCUT2D eigenvalue weighted by Gasteiger charge is -2.02. The number of fused-ring (bicyclic) bond motifs is 1. The number of aromatic amines is 2.